The number of anilines is 1. The van der Waals surface area contributed by atoms with Gasteiger partial charge in [0.2, 0.25) is 0 Å². The zero-order valence-electron chi connectivity index (χ0n) is 11.9. The summed E-state index contributed by atoms with van der Waals surface area (Å²) in [5, 5.41) is 0.978. The third-order valence-corrected chi connectivity index (χ3v) is 3.64. The van der Waals surface area contributed by atoms with Gasteiger partial charge < -0.3 is 10.2 Å². The quantitative estimate of drug-likeness (QED) is 0.577. The minimum atomic E-state index is 0.0300. The summed E-state index contributed by atoms with van der Waals surface area (Å²) in [5.74, 6) is 0.470. The molecule has 0 saturated carbocycles. The zero-order chi connectivity index (χ0) is 14.8. The monoisotopic (exact) mass is 279 g/mol. The third-order valence-electron chi connectivity index (χ3n) is 3.64. The van der Waals surface area contributed by atoms with E-state index in [9.17, 15) is 4.79 Å². The van der Waals surface area contributed by atoms with Gasteiger partial charge in [-0.25, -0.2) is 0 Å². The van der Waals surface area contributed by atoms with E-state index in [-0.39, 0.29) is 5.78 Å². The van der Waals surface area contributed by atoms with Crippen LogP contribution in [0.1, 0.15) is 28.1 Å². The molecule has 0 aliphatic rings. The lowest BCUT2D eigenvalue weighted by molar-refractivity contribution is 0.0958. The van der Waals surface area contributed by atoms with Gasteiger partial charge in [0, 0.05) is 17.5 Å². The Balaban J connectivity index is 1.75. The van der Waals surface area contributed by atoms with Crippen molar-refractivity contribution in [1.29, 1.82) is 0 Å². The van der Waals surface area contributed by atoms with Gasteiger partial charge in [-0.1, -0.05) is 30.3 Å². The number of nitrogens with two attached hydrogens (primary N) is 1. The van der Waals surface area contributed by atoms with Crippen LogP contribution in [0.4, 0.5) is 5.69 Å². The van der Waals surface area contributed by atoms with Gasteiger partial charge in [-0.05, 0) is 42.7 Å². The Morgan fingerprint density at radius 1 is 1.14 bits per heavy atom. The van der Waals surface area contributed by atoms with E-state index in [1.54, 1.807) is 0 Å². The summed E-state index contributed by atoms with van der Waals surface area (Å²) in [7, 11) is 0. The van der Waals surface area contributed by atoms with Gasteiger partial charge in [-0.3, -0.25) is 4.79 Å². The van der Waals surface area contributed by atoms with Crippen LogP contribution in [0.5, 0.6) is 0 Å². The average Bonchev–Trinajstić information content (AvgIpc) is 2.92. The maximum absolute atomic E-state index is 12.2. The molecular formula is C18H17NO2. The Labute approximate surface area is 123 Å². The van der Waals surface area contributed by atoms with Gasteiger partial charge in [-0.2, -0.15) is 0 Å². The van der Waals surface area contributed by atoms with Crippen LogP contribution in [0.3, 0.4) is 0 Å². The predicted octanol–water partition coefficient (Wildman–Crippen LogP) is 4.14. The number of ketones is 1. The number of para-hydroxylation sites is 1. The second kappa shape index (κ2) is 5.44. The first kappa shape index (κ1) is 13.4. The lowest BCUT2D eigenvalue weighted by Crippen LogP contribution is -1.99. The average molecular weight is 279 g/mol. The molecule has 0 unspecified atom stereocenters. The fraction of sp³-hybridized carbons (Fsp3) is 0.167. The van der Waals surface area contributed by atoms with Gasteiger partial charge in [0.1, 0.15) is 5.58 Å². The number of rotatable bonds is 4. The van der Waals surface area contributed by atoms with Gasteiger partial charge in [0.25, 0.3) is 0 Å². The highest BCUT2D eigenvalue weighted by atomic mass is 16.3. The van der Waals surface area contributed by atoms with Gasteiger partial charge >= 0.3 is 0 Å². The second-order valence-electron chi connectivity index (χ2n) is 5.27. The summed E-state index contributed by atoms with van der Waals surface area (Å²) in [6.07, 6.45) is 1.12. The summed E-state index contributed by atoms with van der Waals surface area (Å²) < 4.78 is 5.70. The van der Waals surface area contributed by atoms with Crippen molar-refractivity contribution in [3.63, 3.8) is 0 Å². The number of furan rings is 1. The number of nitrogen functional groups attached to an aromatic ring is 1. The SMILES string of the molecule is Cc1cccc2cc(C(=O)CCc3ccc(N)cc3)oc12. The lowest BCUT2D eigenvalue weighted by Gasteiger charge is -2.00. The highest BCUT2D eigenvalue weighted by Gasteiger charge is 2.13. The second-order valence-corrected chi connectivity index (χ2v) is 5.27. The molecule has 2 aromatic carbocycles. The number of carbonyl (C=O) groups excluding carboxylic acids is 1. The molecule has 0 fully saturated rings. The van der Waals surface area contributed by atoms with Crippen molar-refractivity contribution < 1.29 is 9.21 Å². The first-order valence-corrected chi connectivity index (χ1v) is 7.00. The number of hydrogen-bond donors (Lipinski definition) is 1. The molecule has 0 saturated heterocycles. The minimum Gasteiger partial charge on any atom is -0.453 e. The highest BCUT2D eigenvalue weighted by Crippen LogP contribution is 2.23. The van der Waals surface area contributed by atoms with Crippen LogP contribution in [0.2, 0.25) is 0 Å². The molecule has 2 N–H and O–H groups in total. The maximum Gasteiger partial charge on any atom is 0.198 e. The molecule has 1 heterocycles. The fourth-order valence-electron chi connectivity index (χ4n) is 2.41. The molecule has 0 amide bonds. The summed E-state index contributed by atoms with van der Waals surface area (Å²) in [5.41, 5.74) is 9.33. The number of carbonyl (C=O) groups is 1. The molecule has 0 aliphatic carbocycles. The standard InChI is InChI=1S/C18H17NO2/c1-12-3-2-4-14-11-17(21-18(12)14)16(20)10-7-13-5-8-15(19)9-6-13/h2-6,8-9,11H,7,10,19H2,1H3. The summed E-state index contributed by atoms with van der Waals surface area (Å²) in [6.45, 7) is 1.98. The van der Waals surface area contributed by atoms with Crippen LogP contribution >= 0.6 is 0 Å². The molecule has 1 aromatic heterocycles. The van der Waals surface area contributed by atoms with Crippen molar-refractivity contribution in [3.05, 3.63) is 65.4 Å². The van der Waals surface area contributed by atoms with Crippen LogP contribution in [-0.4, -0.2) is 5.78 Å². The molecule has 0 spiro atoms. The van der Waals surface area contributed by atoms with E-state index in [0.29, 0.717) is 18.6 Å². The molecule has 3 nitrogen and oxygen atoms in total. The highest BCUT2D eigenvalue weighted by molar-refractivity contribution is 5.98. The Kier molecular flexibility index (Phi) is 3.48. The number of aryl methyl sites for hydroxylation is 2. The number of benzene rings is 2. The molecule has 3 heteroatoms. The van der Waals surface area contributed by atoms with E-state index < -0.39 is 0 Å². The van der Waals surface area contributed by atoms with E-state index in [0.717, 1.165) is 27.8 Å². The van der Waals surface area contributed by atoms with Crippen LogP contribution < -0.4 is 5.73 Å². The van der Waals surface area contributed by atoms with Crippen molar-refractivity contribution in [1.82, 2.24) is 0 Å². The molecule has 0 atom stereocenters. The maximum atomic E-state index is 12.2. The number of fused-ring (bicyclic) bond motifs is 1. The smallest absolute Gasteiger partial charge is 0.198 e. The Bertz CT molecular complexity index is 785. The molecule has 106 valence electrons. The van der Waals surface area contributed by atoms with Crippen molar-refractivity contribution in [2.24, 2.45) is 0 Å². The van der Waals surface area contributed by atoms with Crippen LogP contribution in [0.15, 0.2) is 52.9 Å². The van der Waals surface area contributed by atoms with E-state index in [2.05, 4.69) is 0 Å². The van der Waals surface area contributed by atoms with E-state index in [1.807, 2.05) is 55.5 Å². The van der Waals surface area contributed by atoms with Gasteiger partial charge in [0.05, 0.1) is 0 Å². The minimum absolute atomic E-state index is 0.0300. The summed E-state index contributed by atoms with van der Waals surface area (Å²) in [4.78, 5) is 12.2. The Morgan fingerprint density at radius 2 is 1.90 bits per heavy atom. The first-order chi connectivity index (χ1) is 10.1. The van der Waals surface area contributed by atoms with Crippen LogP contribution in [-0.2, 0) is 6.42 Å². The largest absolute Gasteiger partial charge is 0.453 e. The van der Waals surface area contributed by atoms with E-state index in [4.69, 9.17) is 10.2 Å². The van der Waals surface area contributed by atoms with Crippen molar-refractivity contribution >= 4 is 22.4 Å². The molecule has 3 aromatic rings. The predicted molar refractivity (Wildman–Crippen MR) is 84.5 cm³/mol. The van der Waals surface area contributed by atoms with Gasteiger partial charge in [-0.15, -0.1) is 0 Å². The molecule has 0 aliphatic heterocycles. The topological polar surface area (TPSA) is 56.2 Å². The van der Waals surface area contributed by atoms with Gasteiger partial charge in [0.15, 0.2) is 11.5 Å². The first-order valence-electron chi connectivity index (χ1n) is 7.00. The molecule has 0 radical (unpaired) electrons. The normalized spacial score (nSPS) is 10.9. The zero-order valence-corrected chi connectivity index (χ0v) is 11.9. The van der Waals surface area contributed by atoms with E-state index >= 15 is 0 Å². The van der Waals surface area contributed by atoms with Crippen LogP contribution in [0.25, 0.3) is 11.0 Å². The van der Waals surface area contributed by atoms with E-state index in [1.165, 1.54) is 0 Å². The Hall–Kier alpha value is -2.55. The van der Waals surface area contributed by atoms with Crippen molar-refractivity contribution in [2.75, 3.05) is 5.73 Å². The van der Waals surface area contributed by atoms with Crippen molar-refractivity contribution in [2.45, 2.75) is 19.8 Å². The fourth-order valence-corrected chi connectivity index (χ4v) is 2.41. The number of hydrogen-bond acceptors (Lipinski definition) is 3. The van der Waals surface area contributed by atoms with Crippen LogP contribution in [0, 0.1) is 6.92 Å². The molecule has 3 rings (SSSR count). The Morgan fingerprint density at radius 3 is 2.62 bits per heavy atom. The number of Topliss-reactive ketones (excluding diaryl/α,β-unsaturated/α-hetero) is 1. The molecule has 21 heavy (non-hydrogen) atoms. The lowest BCUT2D eigenvalue weighted by atomic mass is 10.1. The summed E-state index contributed by atoms with van der Waals surface area (Å²) >= 11 is 0. The molecular weight excluding hydrogens is 262 g/mol. The molecule has 0 bridgehead atoms. The van der Waals surface area contributed by atoms with Crippen molar-refractivity contribution in [3.8, 4) is 0 Å². The third kappa shape index (κ3) is 2.82. The summed E-state index contributed by atoms with van der Waals surface area (Å²) in [6, 6.07) is 15.3.